The summed E-state index contributed by atoms with van der Waals surface area (Å²) in [6, 6.07) is 11.5. The molecule has 6 heteroatoms. The van der Waals surface area contributed by atoms with Crippen LogP contribution in [0.4, 0.5) is 18.9 Å². The highest BCUT2D eigenvalue weighted by molar-refractivity contribution is 5.93. The molecule has 110 valence electrons. The average molecular weight is 294 g/mol. The van der Waals surface area contributed by atoms with Crippen LogP contribution in [0.15, 0.2) is 48.5 Å². The summed E-state index contributed by atoms with van der Waals surface area (Å²) in [6.07, 6.45) is -4.35. The summed E-state index contributed by atoms with van der Waals surface area (Å²) in [5.41, 5.74) is 6.03. The van der Waals surface area contributed by atoms with Crippen molar-refractivity contribution in [3.05, 3.63) is 65.2 Å². The Labute approximate surface area is 119 Å². The number of carbonyl (C=O) groups excluding carboxylic acids is 1. The minimum absolute atomic E-state index is 0.250. The maximum absolute atomic E-state index is 12.6. The SMILES string of the molecule is NC(=O)c1ccc(NCc2cccc(C(F)(F)F)c2)cc1. The van der Waals surface area contributed by atoms with Gasteiger partial charge >= 0.3 is 6.18 Å². The average Bonchev–Trinajstić information content (AvgIpc) is 2.45. The van der Waals surface area contributed by atoms with Crippen LogP contribution in [0.25, 0.3) is 0 Å². The minimum Gasteiger partial charge on any atom is -0.381 e. The number of benzene rings is 2. The molecule has 0 aliphatic rings. The number of halogens is 3. The maximum atomic E-state index is 12.6. The third-order valence-electron chi connectivity index (χ3n) is 2.92. The second-order valence-electron chi connectivity index (χ2n) is 4.49. The zero-order valence-electron chi connectivity index (χ0n) is 10.9. The smallest absolute Gasteiger partial charge is 0.381 e. The van der Waals surface area contributed by atoms with E-state index in [4.69, 9.17) is 5.73 Å². The normalized spacial score (nSPS) is 11.2. The van der Waals surface area contributed by atoms with Gasteiger partial charge in [0.25, 0.3) is 0 Å². The van der Waals surface area contributed by atoms with Crippen LogP contribution < -0.4 is 11.1 Å². The summed E-state index contributed by atoms with van der Waals surface area (Å²) in [4.78, 5) is 10.9. The number of anilines is 1. The first-order valence-electron chi connectivity index (χ1n) is 6.16. The van der Waals surface area contributed by atoms with E-state index >= 15 is 0 Å². The molecule has 0 fully saturated rings. The van der Waals surface area contributed by atoms with Crippen LogP contribution in [-0.2, 0) is 12.7 Å². The number of rotatable bonds is 4. The number of primary amides is 1. The van der Waals surface area contributed by atoms with Gasteiger partial charge in [-0.05, 0) is 42.0 Å². The molecule has 0 aliphatic heterocycles. The Morgan fingerprint density at radius 2 is 1.76 bits per heavy atom. The predicted molar refractivity (Wildman–Crippen MR) is 73.7 cm³/mol. The Balaban J connectivity index is 2.04. The predicted octanol–water partition coefficient (Wildman–Crippen LogP) is 3.42. The van der Waals surface area contributed by atoms with Gasteiger partial charge in [-0.25, -0.2) is 0 Å². The lowest BCUT2D eigenvalue weighted by molar-refractivity contribution is -0.137. The third kappa shape index (κ3) is 3.98. The maximum Gasteiger partial charge on any atom is 0.416 e. The zero-order valence-corrected chi connectivity index (χ0v) is 10.9. The summed E-state index contributed by atoms with van der Waals surface area (Å²) >= 11 is 0. The molecule has 21 heavy (non-hydrogen) atoms. The highest BCUT2D eigenvalue weighted by Gasteiger charge is 2.30. The second-order valence-corrected chi connectivity index (χ2v) is 4.49. The fraction of sp³-hybridized carbons (Fsp3) is 0.133. The van der Waals surface area contributed by atoms with E-state index in [1.807, 2.05) is 0 Å². The van der Waals surface area contributed by atoms with Gasteiger partial charge in [-0.1, -0.05) is 12.1 Å². The van der Waals surface area contributed by atoms with Crippen LogP contribution in [0.1, 0.15) is 21.5 Å². The van der Waals surface area contributed by atoms with Crippen LogP contribution in [-0.4, -0.2) is 5.91 Å². The second kappa shape index (κ2) is 5.87. The zero-order chi connectivity index (χ0) is 15.5. The van der Waals surface area contributed by atoms with Crippen LogP contribution in [0.5, 0.6) is 0 Å². The molecule has 2 aromatic carbocycles. The van der Waals surface area contributed by atoms with Gasteiger partial charge in [0, 0.05) is 17.8 Å². The Morgan fingerprint density at radius 3 is 2.33 bits per heavy atom. The van der Waals surface area contributed by atoms with Crippen molar-refractivity contribution >= 4 is 11.6 Å². The van der Waals surface area contributed by atoms with Crippen molar-refractivity contribution in [1.82, 2.24) is 0 Å². The number of nitrogens with one attached hydrogen (secondary N) is 1. The molecule has 2 rings (SSSR count). The number of hydrogen-bond donors (Lipinski definition) is 2. The molecule has 2 aromatic rings. The van der Waals surface area contributed by atoms with E-state index in [2.05, 4.69) is 5.32 Å². The molecule has 0 atom stereocenters. The van der Waals surface area contributed by atoms with Gasteiger partial charge in [0.1, 0.15) is 0 Å². The number of alkyl halides is 3. The summed E-state index contributed by atoms with van der Waals surface area (Å²) in [5.74, 6) is -0.528. The molecular weight excluding hydrogens is 281 g/mol. The molecule has 3 N–H and O–H groups in total. The Morgan fingerprint density at radius 1 is 1.10 bits per heavy atom. The summed E-state index contributed by atoms with van der Waals surface area (Å²) < 4.78 is 37.8. The van der Waals surface area contributed by atoms with E-state index < -0.39 is 17.6 Å². The van der Waals surface area contributed by atoms with Crippen LogP contribution in [0, 0.1) is 0 Å². The number of nitrogens with two attached hydrogens (primary N) is 1. The monoisotopic (exact) mass is 294 g/mol. The van der Waals surface area contributed by atoms with E-state index in [0.29, 0.717) is 16.8 Å². The van der Waals surface area contributed by atoms with Gasteiger partial charge in [-0.15, -0.1) is 0 Å². The molecule has 0 saturated heterocycles. The highest BCUT2D eigenvalue weighted by Crippen LogP contribution is 2.29. The van der Waals surface area contributed by atoms with Gasteiger partial charge < -0.3 is 11.1 Å². The third-order valence-corrected chi connectivity index (χ3v) is 2.92. The fourth-order valence-corrected chi connectivity index (χ4v) is 1.81. The van der Waals surface area contributed by atoms with Crippen molar-refractivity contribution in [1.29, 1.82) is 0 Å². The first-order valence-corrected chi connectivity index (χ1v) is 6.16. The van der Waals surface area contributed by atoms with Crippen LogP contribution in [0.3, 0.4) is 0 Å². The van der Waals surface area contributed by atoms with E-state index in [-0.39, 0.29) is 6.54 Å². The Bertz CT molecular complexity index is 636. The standard InChI is InChI=1S/C15H13F3N2O/c16-15(17,18)12-3-1-2-10(8-12)9-20-13-6-4-11(5-7-13)14(19)21/h1-8,20H,9H2,(H2,19,21). The number of carbonyl (C=O) groups is 1. The Hall–Kier alpha value is -2.50. The number of amides is 1. The molecule has 0 radical (unpaired) electrons. The van der Waals surface area contributed by atoms with Gasteiger partial charge in [0.2, 0.25) is 5.91 Å². The van der Waals surface area contributed by atoms with Crippen molar-refractivity contribution in [2.45, 2.75) is 12.7 Å². The van der Waals surface area contributed by atoms with E-state index in [0.717, 1.165) is 12.1 Å². The molecule has 0 spiro atoms. The molecule has 0 unspecified atom stereocenters. The minimum atomic E-state index is -4.35. The lowest BCUT2D eigenvalue weighted by Gasteiger charge is -2.10. The first-order chi connectivity index (χ1) is 9.86. The van der Waals surface area contributed by atoms with Crippen molar-refractivity contribution in [3.63, 3.8) is 0 Å². The first kappa shape index (κ1) is 14.9. The van der Waals surface area contributed by atoms with Crippen molar-refractivity contribution < 1.29 is 18.0 Å². The van der Waals surface area contributed by atoms with E-state index in [9.17, 15) is 18.0 Å². The van der Waals surface area contributed by atoms with E-state index in [1.54, 1.807) is 30.3 Å². The van der Waals surface area contributed by atoms with Crippen LogP contribution >= 0.6 is 0 Å². The number of hydrogen-bond acceptors (Lipinski definition) is 2. The lowest BCUT2D eigenvalue weighted by atomic mass is 10.1. The molecule has 0 aliphatic carbocycles. The molecule has 0 aromatic heterocycles. The summed E-state index contributed by atoms with van der Waals surface area (Å²) in [7, 11) is 0. The highest BCUT2D eigenvalue weighted by atomic mass is 19.4. The quantitative estimate of drug-likeness (QED) is 0.908. The molecule has 1 amide bonds. The van der Waals surface area contributed by atoms with Crippen molar-refractivity contribution in [2.24, 2.45) is 5.73 Å². The molecular formula is C15H13F3N2O. The van der Waals surface area contributed by atoms with Gasteiger partial charge in [-0.2, -0.15) is 13.2 Å². The molecule has 3 nitrogen and oxygen atoms in total. The topological polar surface area (TPSA) is 55.1 Å². The van der Waals surface area contributed by atoms with Crippen molar-refractivity contribution in [2.75, 3.05) is 5.32 Å². The van der Waals surface area contributed by atoms with Gasteiger partial charge in [0.05, 0.1) is 5.56 Å². The molecule has 0 heterocycles. The van der Waals surface area contributed by atoms with Gasteiger partial charge in [-0.3, -0.25) is 4.79 Å². The van der Waals surface area contributed by atoms with E-state index in [1.165, 1.54) is 6.07 Å². The van der Waals surface area contributed by atoms with Gasteiger partial charge in [0.15, 0.2) is 0 Å². The largest absolute Gasteiger partial charge is 0.416 e. The lowest BCUT2D eigenvalue weighted by Crippen LogP contribution is -2.10. The van der Waals surface area contributed by atoms with Crippen LogP contribution in [0.2, 0.25) is 0 Å². The fourth-order valence-electron chi connectivity index (χ4n) is 1.81. The molecule has 0 bridgehead atoms. The summed E-state index contributed by atoms with van der Waals surface area (Å²) in [5, 5.41) is 2.99. The Kier molecular flexibility index (Phi) is 4.16. The van der Waals surface area contributed by atoms with Crippen molar-refractivity contribution in [3.8, 4) is 0 Å². The summed E-state index contributed by atoms with van der Waals surface area (Å²) in [6.45, 7) is 0.250. The molecule has 0 saturated carbocycles.